The molecule has 1 aliphatic carbocycles. The predicted molar refractivity (Wildman–Crippen MR) is 84.0 cm³/mol. The molecular weight excluding hydrogens is 272 g/mol. The van der Waals surface area contributed by atoms with Crippen LogP contribution in [0.5, 0.6) is 5.75 Å². The Kier molecular flexibility index (Phi) is 4.66. The molecule has 3 heteroatoms. The largest absolute Gasteiger partial charge is 0.487 e. The van der Waals surface area contributed by atoms with Crippen molar-refractivity contribution in [1.82, 2.24) is 0 Å². The van der Waals surface area contributed by atoms with E-state index in [1.807, 2.05) is 6.92 Å². The lowest BCUT2D eigenvalue weighted by atomic mass is 9.86. The fraction of sp³-hybridized carbons (Fsp3) is 0.647. The maximum Gasteiger partial charge on any atom is 0.128 e. The molecule has 0 heterocycles. The lowest BCUT2D eigenvalue weighted by Gasteiger charge is -2.40. The van der Waals surface area contributed by atoms with Gasteiger partial charge in [0.15, 0.2) is 0 Å². The highest BCUT2D eigenvalue weighted by Crippen LogP contribution is 2.35. The number of hydrogen-bond donors (Lipinski definition) is 0. The summed E-state index contributed by atoms with van der Waals surface area (Å²) < 4.78 is 11.7. The molecule has 1 aromatic carbocycles. The topological polar surface area (TPSA) is 18.5 Å². The van der Waals surface area contributed by atoms with Crippen LogP contribution in [-0.4, -0.2) is 24.2 Å². The maximum absolute atomic E-state index is 6.17. The van der Waals surface area contributed by atoms with E-state index in [-0.39, 0.29) is 23.0 Å². The van der Waals surface area contributed by atoms with Gasteiger partial charge in [-0.25, -0.2) is 0 Å². The number of rotatable bonds is 4. The summed E-state index contributed by atoms with van der Waals surface area (Å²) in [4.78, 5) is 0. The summed E-state index contributed by atoms with van der Waals surface area (Å²) in [6.07, 6.45) is 0.951. The normalized spacial score (nSPS) is 26.2. The van der Waals surface area contributed by atoms with Crippen LogP contribution in [-0.2, 0) is 10.2 Å². The molecule has 112 valence electrons. The van der Waals surface area contributed by atoms with Crippen LogP contribution in [0.15, 0.2) is 18.2 Å². The summed E-state index contributed by atoms with van der Waals surface area (Å²) in [5.74, 6) is 0.941. The van der Waals surface area contributed by atoms with Crippen LogP contribution in [0.1, 0.15) is 45.2 Å². The molecule has 20 heavy (non-hydrogen) atoms. The van der Waals surface area contributed by atoms with Crippen molar-refractivity contribution in [3.05, 3.63) is 29.3 Å². The second kappa shape index (κ2) is 5.95. The molecule has 1 fully saturated rings. The number of aryl methyl sites for hydroxylation is 1. The van der Waals surface area contributed by atoms with E-state index in [0.29, 0.717) is 6.61 Å². The first-order chi connectivity index (χ1) is 9.32. The van der Waals surface area contributed by atoms with Crippen molar-refractivity contribution in [2.75, 3.05) is 6.61 Å². The van der Waals surface area contributed by atoms with Crippen LogP contribution >= 0.6 is 11.6 Å². The molecule has 2 rings (SSSR count). The van der Waals surface area contributed by atoms with Crippen LogP contribution in [0.25, 0.3) is 0 Å². The van der Waals surface area contributed by atoms with Gasteiger partial charge >= 0.3 is 0 Å². The third-order valence-corrected chi connectivity index (χ3v) is 4.29. The second-order valence-electron chi connectivity index (χ2n) is 6.56. The molecule has 0 bridgehead atoms. The molecule has 0 aliphatic heterocycles. The molecule has 1 aromatic rings. The zero-order valence-electron chi connectivity index (χ0n) is 13.1. The van der Waals surface area contributed by atoms with Gasteiger partial charge in [-0.05, 0) is 36.5 Å². The first kappa shape index (κ1) is 15.7. The van der Waals surface area contributed by atoms with Crippen molar-refractivity contribution in [1.29, 1.82) is 0 Å². The van der Waals surface area contributed by atoms with Gasteiger partial charge in [0.1, 0.15) is 18.0 Å². The Morgan fingerprint density at radius 3 is 2.50 bits per heavy atom. The Balaban J connectivity index is 2.07. The fourth-order valence-electron chi connectivity index (χ4n) is 2.46. The van der Waals surface area contributed by atoms with Crippen molar-refractivity contribution in [3.63, 3.8) is 0 Å². The number of halogens is 1. The standard InChI is InChI=1S/C17H25ClO2/c1-6-19-16-13(18)10-15(16)20-14-8-7-12(9-11(14)2)17(3,4)5/h7-9,13,15-16H,6,10H2,1-5H3. The number of ether oxygens (including phenoxy) is 2. The van der Waals surface area contributed by atoms with Gasteiger partial charge in [0, 0.05) is 13.0 Å². The minimum Gasteiger partial charge on any atom is -0.487 e. The quantitative estimate of drug-likeness (QED) is 0.764. The maximum atomic E-state index is 6.17. The highest BCUT2D eigenvalue weighted by molar-refractivity contribution is 6.21. The first-order valence-electron chi connectivity index (χ1n) is 7.36. The Bertz CT molecular complexity index is 465. The van der Waals surface area contributed by atoms with Gasteiger partial charge in [-0.2, -0.15) is 0 Å². The molecule has 3 unspecified atom stereocenters. The Hall–Kier alpha value is -0.730. The van der Waals surface area contributed by atoms with E-state index in [4.69, 9.17) is 21.1 Å². The molecule has 0 radical (unpaired) electrons. The predicted octanol–water partition coefficient (Wildman–Crippen LogP) is 4.46. The van der Waals surface area contributed by atoms with Gasteiger partial charge in [0.25, 0.3) is 0 Å². The van der Waals surface area contributed by atoms with Crippen LogP contribution < -0.4 is 4.74 Å². The zero-order chi connectivity index (χ0) is 14.9. The summed E-state index contributed by atoms with van der Waals surface area (Å²) in [5.41, 5.74) is 2.66. The minimum absolute atomic E-state index is 0.0170. The van der Waals surface area contributed by atoms with Crippen molar-refractivity contribution < 1.29 is 9.47 Å². The average molecular weight is 297 g/mol. The van der Waals surface area contributed by atoms with Crippen molar-refractivity contribution >= 4 is 11.6 Å². The second-order valence-corrected chi connectivity index (χ2v) is 7.12. The lowest BCUT2D eigenvalue weighted by Crippen LogP contribution is -2.52. The number of benzene rings is 1. The van der Waals surface area contributed by atoms with E-state index in [0.717, 1.165) is 12.2 Å². The van der Waals surface area contributed by atoms with E-state index < -0.39 is 0 Å². The summed E-state index contributed by atoms with van der Waals surface area (Å²) in [5, 5.41) is 0.0779. The van der Waals surface area contributed by atoms with Crippen LogP contribution in [0, 0.1) is 6.92 Å². The third kappa shape index (κ3) is 3.29. The Morgan fingerprint density at radius 2 is 2.00 bits per heavy atom. The Morgan fingerprint density at radius 1 is 1.30 bits per heavy atom. The highest BCUT2D eigenvalue weighted by Gasteiger charge is 2.42. The summed E-state index contributed by atoms with van der Waals surface area (Å²) in [6, 6.07) is 6.43. The van der Waals surface area contributed by atoms with Gasteiger partial charge < -0.3 is 9.47 Å². The smallest absolute Gasteiger partial charge is 0.128 e. The van der Waals surface area contributed by atoms with E-state index >= 15 is 0 Å². The molecule has 0 saturated heterocycles. The number of hydrogen-bond acceptors (Lipinski definition) is 2. The van der Waals surface area contributed by atoms with Crippen LogP contribution in [0.3, 0.4) is 0 Å². The fourth-order valence-corrected chi connectivity index (χ4v) is 2.87. The van der Waals surface area contributed by atoms with Gasteiger partial charge in [-0.1, -0.05) is 32.9 Å². The molecular formula is C17H25ClO2. The van der Waals surface area contributed by atoms with E-state index in [9.17, 15) is 0 Å². The van der Waals surface area contributed by atoms with Gasteiger partial charge in [0.2, 0.25) is 0 Å². The zero-order valence-corrected chi connectivity index (χ0v) is 13.8. The van der Waals surface area contributed by atoms with Gasteiger partial charge in [-0.3, -0.25) is 0 Å². The van der Waals surface area contributed by atoms with Gasteiger partial charge in [-0.15, -0.1) is 11.6 Å². The number of alkyl halides is 1. The molecule has 1 saturated carbocycles. The van der Waals surface area contributed by atoms with Crippen LogP contribution in [0.2, 0.25) is 0 Å². The monoisotopic (exact) mass is 296 g/mol. The average Bonchev–Trinajstić information content (AvgIpc) is 2.36. The molecule has 0 N–H and O–H groups in total. The summed E-state index contributed by atoms with van der Waals surface area (Å²) >= 11 is 6.17. The SMILES string of the molecule is CCOC1C(Cl)CC1Oc1ccc(C(C)(C)C)cc1C. The first-order valence-corrected chi connectivity index (χ1v) is 7.80. The minimum atomic E-state index is 0.0170. The van der Waals surface area contributed by atoms with Gasteiger partial charge in [0.05, 0.1) is 5.38 Å². The van der Waals surface area contributed by atoms with Crippen molar-refractivity contribution in [3.8, 4) is 5.75 Å². The molecule has 2 nitrogen and oxygen atoms in total. The lowest BCUT2D eigenvalue weighted by molar-refractivity contribution is -0.0761. The van der Waals surface area contributed by atoms with Crippen molar-refractivity contribution in [2.24, 2.45) is 0 Å². The van der Waals surface area contributed by atoms with Crippen molar-refractivity contribution in [2.45, 2.75) is 64.0 Å². The molecule has 0 amide bonds. The van der Waals surface area contributed by atoms with E-state index in [1.165, 1.54) is 11.1 Å². The van der Waals surface area contributed by atoms with E-state index in [2.05, 4.69) is 45.9 Å². The third-order valence-electron chi connectivity index (χ3n) is 3.86. The Labute approximate surface area is 127 Å². The molecule has 1 aliphatic rings. The summed E-state index contributed by atoms with van der Waals surface area (Å²) in [6.45, 7) is 11.4. The highest BCUT2D eigenvalue weighted by atomic mass is 35.5. The molecule has 0 aromatic heterocycles. The summed E-state index contributed by atoms with van der Waals surface area (Å²) in [7, 11) is 0. The molecule has 0 spiro atoms. The van der Waals surface area contributed by atoms with Crippen LogP contribution in [0.4, 0.5) is 0 Å². The molecule has 3 atom stereocenters. The van der Waals surface area contributed by atoms with E-state index in [1.54, 1.807) is 0 Å².